The predicted octanol–water partition coefficient (Wildman–Crippen LogP) is 2.54. The van der Waals surface area contributed by atoms with Crippen molar-refractivity contribution in [3.63, 3.8) is 0 Å². The van der Waals surface area contributed by atoms with Crippen LogP contribution < -0.4 is 20.1 Å². The molecule has 0 aliphatic rings. The average Bonchev–Trinajstić information content (AvgIpc) is 2.72. The lowest BCUT2D eigenvalue weighted by molar-refractivity contribution is -0.126. The van der Waals surface area contributed by atoms with E-state index in [9.17, 15) is 14.4 Å². The number of aryl methyl sites for hydroxylation is 3. The zero-order valence-electron chi connectivity index (χ0n) is 17.8. The first-order valence-electron chi connectivity index (χ1n) is 9.29. The van der Waals surface area contributed by atoms with Gasteiger partial charge >= 0.3 is 5.97 Å². The summed E-state index contributed by atoms with van der Waals surface area (Å²) in [4.78, 5) is 36.5. The van der Waals surface area contributed by atoms with E-state index in [-0.39, 0.29) is 29.5 Å². The molecule has 30 heavy (non-hydrogen) atoms. The first-order chi connectivity index (χ1) is 14.3. The summed E-state index contributed by atoms with van der Waals surface area (Å²) in [7, 11) is 2.82. The summed E-state index contributed by atoms with van der Waals surface area (Å²) in [6.45, 7) is 4.99. The van der Waals surface area contributed by atoms with Crippen LogP contribution in [-0.2, 0) is 14.3 Å². The van der Waals surface area contributed by atoms with E-state index < -0.39 is 18.5 Å². The molecule has 160 valence electrons. The smallest absolute Gasteiger partial charge is 0.346 e. The molecule has 2 aromatic carbocycles. The van der Waals surface area contributed by atoms with Crippen LogP contribution in [0.5, 0.6) is 11.5 Å². The van der Waals surface area contributed by atoms with Gasteiger partial charge in [0.2, 0.25) is 5.91 Å². The number of carbonyl (C=O) groups is 3. The molecule has 8 heteroatoms. The fourth-order valence-electron chi connectivity index (χ4n) is 3.05. The minimum Gasteiger partial charge on any atom is -0.496 e. The van der Waals surface area contributed by atoms with E-state index in [1.807, 2.05) is 32.9 Å². The van der Waals surface area contributed by atoms with E-state index in [0.717, 1.165) is 22.4 Å². The van der Waals surface area contributed by atoms with Crippen LogP contribution in [0, 0.1) is 20.8 Å². The summed E-state index contributed by atoms with van der Waals surface area (Å²) >= 11 is 0. The lowest BCUT2D eigenvalue weighted by Gasteiger charge is -2.14. The van der Waals surface area contributed by atoms with Gasteiger partial charge in [-0.05, 0) is 44.0 Å². The van der Waals surface area contributed by atoms with Gasteiger partial charge in [0, 0.05) is 5.69 Å². The molecule has 0 atom stereocenters. The molecule has 0 aromatic heterocycles. The second-order valence-electron chi connectivity index (χ2n) is 6.71. The topological polar surface area (TPSA) is 103 Å². The van der Waals surface area contributed by atoms with Crippen molar-refractivity contribution < 1.29 is 28.6 Å². The summed E-state index contributed by atoms with van der Waals surface area (Å²) in [5.41, 5.74) is 3.77. The molecule has 2 N–H and O–H groups in total. The zero-order valence-corrected chi connectivity index (χ0v) is 17.8. The number of carbonyl (C=O) groups excluding carboxylic acids is 3. The fraction of sp³-hybridized carbons (Fsp3) is 0.318. The van der Waals surface area contributed by atoms with Crippen molar-refractivity contribution in [2.75, 3.05) is 32.7 Å². The molecule has 0 heterocycles. The maximum atomic E-state index is 12.3. The van der Waals surface area contributed by atoms with Crippen LogP contribution in [0.2, 0.25) is 0 Å². The summed E-state index contributed by atoms with van der Waals surface area (Å²) in [5, 5.41) is 5.21. The molecule has 2 rings (SSSR count). The lowest BCUT2D eigenvalue weighted by atomic mass is 10.1. The second-order valence-corrected chi connectivity index (χ2v) is 6.71. The van der Waals surface area contributed by atoms with Crippen molar-refractivity contribution in [1.29, 1.82) is 0 Å². The van der Waals surface area contributed by atoms with Crippen molar-refractivity contribution >= 4 is 23.5 Å². The van der Waals surface area contributed by atoms with Gasteiger partial charge in [-0.25, -0.2) is 4.79 Å². The monoisotopic (exact) mass is 414 g/mol. The highest BCUT2D eigenvalue weighted by Crippen LogP contribution is 2.28. The molecule has 0 bridgehead atoms. The molecule has 0 saturated carbocycles. The number of methoxy groups -OCH3 is 2. The Morgan fingerprint density at radius 2 is 1.47 bits per heavy atom. The van der Waals surface area contributed by atoms with Crippen molar-refractivity contribution in [2.24, 2.45) is 0 Å². The molecule has 2 amide bonds. The maximum absolute atomic E-state index is 12.3. The first-order valence-corrected chi connectivity index (χ1v) is 9.29. The molecule has 8 nitrogen and oxygen atoms in total. The van der Waals surface area contributed by atoms with E-state index in [2.05, 4.69) is 10.6 Å². The normalized spacial score (nSPS) is 10.2. The Morgan fingerprint density at radius 1 is 0.900 bits per heavy atom. The quantitative estimate of drug-likeness (QED) is 0.644. The fourth-order valence-corrected chi connectivity index (χ4v) is 3.05. The van der Waals surface area contributed by atoms with Gasteiger partial charge < -0.3 is 24.8 Å². The number of esters is 1. The van der Waals surface area contributed by atoms with Gasteiger partial charge in [-0.15, -0.1) is 0 Å². The molecule has 0 fully saturated rings. The van der Waals surface area contributed by atoms with Crippen LogP contribution in [-0.4, -0.2) is 45.2 Å². The van der Waals surface area contributed by atoms with Crippen LogP contribution in [0.25, 0.3) is 0 Å². The maximum Gasteiger partial charge on any atom is 0.346 e. The molecule has 0 unspecified atom stereocenters. The number of amides is 2. The Balaban J connectivity index is 1.89. The third kappa shape index (κ3) is 5.73. The SMILES string of the molecule is COc1cccc(OC)c1C(=O)OCC(=O)NCC(=O)Nc1c(C)cc(C)cc1C. The minimum atomic E-state index is -0.769. The molecule has 0 radical (unpaired) electrons. The van der Waals surface area contributed by atoms with Gasteiger partial charge in [0.05, 0.1) is 20.8 Å². The summed E-state index contributed by atoms with van der Waals surface area (Å²) in [6.07, 6.45) is 0. The lowest BCUT2D eigenvalue weighted by Crippen LogP contribution is -2.35. The third-order valence-electron chi connectivity index (χ3n) is 4.35. The highest BCUT2D eigenvalue weighted by molar-refractivity contribution is 5.98. The van der Waals surface area contributed by atoms with Crippen molar-refractivity contribution in [3.05, 3.63) is 52.6 Å². The Morgan fingerprint density at radius 3 is 2.00 bits per heavy atom. The van der Waals surface area contributed by atoms with Gasteiger partial charge in [0.1, 0.15) is 17.1 Å². The highest BCUT2D eigenvalue weighted by atomic mass is 16.5. The molecule has 0 aliphatic carbocycles. The predicted molar refractivity (Wildman–Crippen MR) is 112 cm³/mol. The third-order valence-corrected chi connectivity index (χ3v) is 4.35. The van der Waals surface area contributed by atoms with Gasteiger partial charge in [0.25, 0.3) is 5.91 Å². The number of ether oxygens (including phenoxy) is 3. The van der Waals surface area contributed by atoms with Gasteiger partial charge in [-0.2, -0.15) is 0 Å². The average molecular weight is 414 g/mol. The van der Waals surface area contributed by atoms with Gasteiger partial charge in [-0.1, -0.05) is 23.8 Å². The van der Waals surface area contributed by atoms with E-state index in [4.69, 9.17) is 14.2 Å². The van der Waals surface area contributed by atoms with E-state index in [1.54, 1.807) is 18.2 Å². The molecular weight excluding hydrogens is 388 g/mol. The van der Waals surface area contributed by atoms with Crippen LogP contribution in [0.4, 0.5) is 5.69 Å². The summed E-state index contributed by atoms with van der Waals surface area (Å²) in [6, 6.07) is 8.76. The van der Waals surface area contributed by atoms with Crippen LogP contribution >= 0.6 is 0 Å². The number of rotatable bonds is 8. The van der Waals surface area contributed by atoms with E-state index >= 15 is 0 Å². The number of nitrogens with one attached hydrogen (secondary N) is 2. The Labute approximate surface area is 175 Å². The number of hydrogen-bond donors (Lipinski definition) is 2. The van der Waals surface area contributed by atoms with Crippen molar-refractivity contribution in [3.8, 4) is 11.5 Å². The molecule has 0 saturated heterocycles. The highest BCUT2D eigenvalue weighted by Gasteiger charge is 2.20. The van der Waals surface area contributed by atoms with Crippen LogP contribution in [0.1, 0.15) is 27.0 Å². The molecule has 0 spiro atoms. The summed E-state index contributed by atoms with van der Waals surface area (Å²) < 4.78 is 15.3. The molecular formula is C22H26N2O6. The second kappa shape index (κ2) is 10.3. The molecule has 2 aromatic rings. The van der Waals surface area contributed by atoms with Crippen molar-refractivity contribution in [1.82, 2.24) is 5.32 Å². The van der Waals surface area contributed by atoms with E-state index in [1.165, 1.54) is 14.2 Å². The number of hydrogen-bond acceptors (Lipinski definition) is 6. The Hall–Kier alpha value is -3.55. The van der Waals surface area contributed by atoms with E-state index in [0.29, 0.717) is 0 Å². The Bertz CT molecular complexity index is 909. The Kier molecular flexibility index (Phi) is 7.80. The van der Waals surface area contributed by atoms with Crippen molar-refractivity contribution in [2.45, 2.75) is 20.8 Å². The van der Waals surface area contributed by atoms with Gasteiger partial charge in [-0.3, -0.25) is 9.59 Å². The zero-order chi connectivity index (χ0) is 22.3. The largest absolute Gasteiger partial charge is 0.496 e. The standard InChI is InChI=1S/C22H26N2O6/c1-13-9-14(2)21(15(3)10-13)24-18(25)11-23-19(26)12-30-22(27)20-16(28-4)7-6-8-17(20)29-5/h6-10H,11-12H2,1-5H3,(H,23,26)(H,24,25). The first kappa shape index (κ1) is 22.7. The minimum absolute atomic E-state index is 0.0818. The number of benzene rings is 2. The summed E-state index contributed by atoms with van der Waals surface area (Å²) in [5.74, 6) is -1.22. The van der Waals surface area contributed by atoms with Crippen LogP contribution in [0.3, 0.4) is 0 Å². The van der Waals surface area contributed by atoms with Crippen LogP contribution in [0.15, 0.2) is 30.3 Å². The van der Waals surface area contributed by atoms with Gasteiger partial charge in [0.15, 0.2) is 6.61 Å². The molecule has 0 aliphatic heterocycles. The number of anilines is 1.